The molecule has 0 amide bonds. The van der Waals surface area contributed by atoms with E-state index in [4.69, 9.17) is 0 Å². The monoisotopic (exact) mass is 229 g/mol. The molecule has 1 heterocycles. The first kappa shape index (κ1) is 11.5. The van der Waals surface area contributed by atoms with Gasteiger partial charge in [-0.1, -0.05) is 32.0 Å². The van der Waals surface area contributed by atoms with E-state index in [0.29, 0.717) is 18.0 Å². The predicted molar refractivity (Wildman–Crippen MR) is 65.1 cm³/mol. The van der Waals surface area contributed by atoms with Gasteiger partial charge in [0.25, 0.3) is 0 Å². The van der Waals surface area contributed by atoms with Crippen molar-refractivity contribution in [3.63, 3.8) is 0 Å². The van der Waals surface area contributed by atoms with Crippen molar-refractivity contribution in [1.82, 2.24) is 15.0 Å². The van der Waals surface area contributed by atoms with Crippen LogP contribution in [-0.4, -0.2) is 20.8 Å². The molecule has 0 N–H and O–H groups in total. The van der Waals surface area contributed by atoms with Gasteiger partial charge in [0.15, 0.2) is 5.78 Å². The summed E-state index contributed by atoms with van der Waals surface area (Å²) >= 11 is 0. The number of aromatic nitrogens is 3. The van der Waals surface area contributed by atoms with E-state index < -0.39 is 0 Å². The highest BCUT2D eigenvalue weighted by molar-refractivity contribution is 5.93. The quantitative estimate of drug-likeness (QED) is 0.757. The Bertz CT molecular complexity index is 502. The number of para-hydroxylation sites is 1. The molecule has 0 aliphatic heterocycles. The first-order chi connectivity index (χ1) is 8.16. The van der Waals surface area contributed by atoms with E-state index in [1.165, 1.54) is 11.0 Å². The van der Waals surface area contributed by atoms with Gasteiger partial charge >= 0.3 is 0 Å². The van der Waals surface area contributed by atoms with Crippen LogP contribution in [0.1, 0.15) is 30.8 Å². The average Bonchev–Trinajstić information content (AvgIpc) is 2.78. The van der Waals surface area contributed by atoms with Gasteiger partial charge in [-0.15, -0.1) is 5.10 Å². The van der Waals surface area contributed by atoms with Crippen LogP contribution in [0.25, 0.3) is 5.69 Å². The minimum atomic E-state index is 0.0437. The molecule has 0 bridgehead atoms. The van der Waals surface area contributed by atoms with E-state index in [1.807, 2.05) is 44.2 Å². The maximum Gasteiger partial charge on any atom is 0.184 e. The van der Waals surface area contributed by atoms with Crippen LogP contribution in [0.15, 0.2) is 36.5 Å². The Morgan fingerprint density at radius 3 is 2.65 bits per heavy atom. The van der Waals surface area contributed by atoms with Crippen LogP contribution in [-0.2, 0) is 0 Å². The summed E-state index contributed by atoms with van der Waals surface area (Å²) in [5.74, 6) is 0.381. The second-order valence-electron chi connectivity index (χ2n) is 4.38. The number of ketones is 1. The molecule has 2 aromatic rings. The van der Waals surface area contributed by atoms with Gasteiger partial charge in [0.1, 0.15) is 5.69 Å². The molecule has 0 radical (unpaired) electrons. The van der Waals surface area contributed by atoms with Crippen LogP contribution in [0.5, 0.6) is 0 Å². The summed E-state index contributed by atoms with van der Waals surface area (Å²) < 4.78 is 0. The van der Waals surface area contributed by atoms with Gasteiger partial charge in [-0.2, -0.15) is 9.90 Å². The Morgan fingerprint density at radius 2 is 2.00 bits per heavy atom. The zero-order valence-electron chi connectivity index (χ0n) is 10.00. The highest BCUT2D eigenvalue weighted by Gasteiger charge is 2.12. The number of carbonyl (C=O) groups excluding carboxylic acids is 1. The molecule has 0 spiro atoms. The molecule has 4 heteroatoms. The third kappa shape index (κ3) is 2.78. The molecule has 17 heavy (non-hydrogen) atoms. The molecule has 0 atom stereocenters. The Labute approximate surface area is 100 Å². The number of Topliss-reactive ketones (excluding diaryl/α,β-unsaturated/α-hetero) is 1. The zero-order chi connectivity index (χ0) is 12.3. The van der Waals surface area contributed by atoms with Crippen LogP contribution in [0.3, 0.4) is 0 Å². The lowest BCUT2D eigenvalue weighted by atomic mass is 10.1. The first-order valence-electron chi connectivity index (χ1n) is 5.68. The van der Waals surface area contributed by atoms with Crippen LogP contribution < -0.4 is 0 Å². The molecular formula is C13H15N3O. The number of hydrogen-bond acceptors (Lipinski definition) is 3. The van der Waals surface area contributed by atoms with Gasteiger partial charge in [0.2, 0.25) is 0 Å². The lowest BCUT2D eigenvalue weighted by molar-refractivity contribution is 0.0962. The van der Waals surface area contributed by atoms with Crippen LogP contribution >= 0.6 is 0 Å². The van der Waals surface area contributed by atoms with Gasteiger partial charge in [-0.05, 0) is 18.1 Å². The van der Waals surface area contributed by atoms with E-state index in [2.05, 4.69) is 10.2 Å². The number of nitrogens with zero attached hydrogens (tertiary/aromatic N) is 3. The average molecular weight is 229 g/mol. The number of rotatable bonds is 4. The van der Waals surface area contributed by atoms with Crippen LogP contribution in [0, 0.1) is 5.92 Å². The van der Waals surface area contributed by atoms with E-state index in [1.54, 1.807) is 0 Å². The summed E-state index contributed by atoms with van der Waals surface area (Å²) in [5.41, 5.74) is 1.29. The Morgan fingerprint density at radius 1 is 1.29 bits per heavy atom. The number of carbonyl (C=O) groups is 1. The summed E-state index contributed by atoms with van der Waals surface area (Å²) in [4.78, 5) is 13.3. The van der Waals surface area contributed by atoms with Crippen molar-refractivity contribution in [2.24, 2.45) is 5.92 Å². The maximum atomic E-state index is 11.8. The molecule has 1 aromatic carbocycles. The molecule has 2 rings (SSSR count). The topological polar surface area (TPSA) is 47.8 Å². The standard InChI is InChI=1S/C13H15N3O/c1-10(2)8-13(17)12-9-14-16(15-12)11-6-4-3-5-7-11/h3-7,9-10H,8H2,1-2H3. The number of hydrogen-bond donors (Lipinski definition) is 0. The van der Waals surface area contributed by atoms with Crippen molar-refractivity contribution < 1.29 is 4.79 Å². The largest absolute Gasteiger partial charge is 0.292 e. The third-order valence-corrected chi connectivity index (χ3v) is 2.36. The van der Waals surface area contributed by atoms with Crippen molar-refractivity contribution in [3.05, 3.63) is 42.2 Å². The predicted octanol–water partition coefficient (Wildman–Crippen LogP) is 2.50. The molecule has 0 saturated heterocycles. The second-order valence-corrected chi connectivity index (χ2v) is 4.38. The van der Waals surface area contributed by atoms with Crippen LogP contribution in [0.4, 0.5) is 0 Å². The summed E-state index contributed by atoms with van der Waals surface area (Å²) in [7, 11) is 0. The van der Waals surface area contributed by atoms with Gasteiger partial charge in [0, 0.05) is 6.42 Å². The number of benzene rings is 1. The fraction of sp³-hybridized carbons (Fsp3) is 0.308. The third-order valence-electron chi connectivity index (χ3n) is 2.36. The summed E-state index contributed by atoms with van der Waals surface area (Å²) in [5, 5.41) is 8.29. The lowest BCUT2D eigenvalue weighted by Crippen LogP contribution is -2.05. The fourth-order valence-electron chi connectivity index (χ4n) is 1.55. The van der Waals surface area contributed by atoms with Crippen LogP contribution in [0.2, 0.25) is 0 Å². The zero-order valence-corrected chi connectivity index (χ0v) is 10.00. The molecule has 88 valence electrons. The summed E-state index contributed by atoms with van der Waals surface area (Å²) in [6.45, 7) is 4.03. The van der Waals surface area contributed by atoms with Gasteiger partial charge in [-0.3, -0.25) is 4.79 Å². The molecule has 4 nitrogen and oxygen atoms in total. The first-order valence-corrected chi connectivity index (χ1v) is 5.68. The van der Waals surface area contributed by atoms with Crippen molar-refractivity contribution in [1.29, 1.82) is 0 Å². The molecule has 0 unspecified atom stereocenters. The highest BCUT2D eigenvalue weighted by Crippen LogP contribution is 2.08. The van der Waals surface area contributed by atoms with E-state index >= 15 is 0 Å². The van der Waals surface area contributed by atoms with Crippen molar-refractivity contribution in [2.75, 3.05) is 0 Å². The summed E-state index contributed by atoms with van der Waals surface area (Å²) in [6.07, 6.45) is 2.03. The van der Waals surface area contributed by atoms with Crippen molar-refractivity contribution >= 4 is 5.78 Å². The van der Waals surface area contributed by atoms with E-state index in [0.717, 1.165) is 5.69 Å². The fourth-order valence-corrected chi connectivity index (χ4v) is 1.55. The molecule has 1 aromatic heterocycles. The smallest absolute Gasteiger partial charge is 0.184 e. The van der Waals surface area contributed by atoms with Gasteiger partial charge in [-0.25, -0.2) is 0 Å². The SMILES string of the molecule is CC(C)CC(=O)c1cnn(-c2ccccc2)n1. The molecule has 0 aliphatic rings. The van der Waals surface area contributed by atoms with Gasteiger partial charge < -0.3 is 0 Å². The molecule has 0 fully saturated rings. The van der Waals surface area contributed by atoms with Crippen molar-refractivity contribution in [2.45, 2.75) is 20.3 Å². The maximum absolute atomic E-state index is 11.8. The Kier molecular flexibility index (Phi) is 3.32. The molecule has 0 aliphatic carbocycles. The lowest BCUT2D eigenvalue weighted by Gasteiger charge is -2.00. The minimum Gasteiger partial charge on any atom is -0.292 e. The van der Waals surface area contributed by atoms with Crippen molar-refractivity contribution in [3.8, 4) is 5.69 Å². The highest BCUT2D eigenvalue weighted by atomic mass is 16.1. The minimum absolute atomic E-state index is 0.0437. The van der Waals surface area contributed by atoms with E-state index in [9.17, 15) is 4.79 Å². The normalized spacial score (nSPS) is 10.8. The second kappa shape index (κ2) is 4.91. The molecular weight excluding hydrogens is 214 g/mol. The Balaban J connectivity index is 2.19. The Hall–Kier alpha value is -1.97. The van der Waals surface area contributed by atoms with Gasteiger partial charge in [0.05, 0.1) is 11.9 Å². The van der Waals surface area contributed by atoms with E-state index in [-0.39, 0.29) is 5.78 Å². The summed E-state index contributed by atoms with van der Waals surface area (Å²) in [6, 6.07) is 9.55. The molecule has 0 saturated carbocycles.